The molecule has 1 aromatic carbocycles. The molecule has 2 aromatic rings. The van der Waals surface area contributed by atoms with Crippen LogP contribution in [-0.2, 0) is 11.2 Å². The summed E-state index contributed by atoms with van der Waals surface area (Å²) < 4.78 is 0. The van der Waals surface area contributed by atoms with Crippen molar-refractivity contribution in [3.63, 3.8) is 0 Å². The van der Waals surface area contributed by atoms with Gasteiger partial charge in [-0.25, -0.2) is 4.98 Å². The fraction of sp³-hybridized carbons (Fsp3) is 0.389. The van der Waals surface area contributed by atoms with E-state index in [0.717, 1.165) is 17.0 Å². The van der Waals surface area contributed by atoms with E-state index in [4.69, 9.17) is 11.6 Å². The number of nitrogens with one attached hydrogen (secondary N) is 2. The maximum absolute atomic E-state index is 12.6. The first-order valence-electron chi connectivity index (χ1n) is 8.16. The zero-order valence-corrected chi connectivity index (χ0v) is 16.3. The lowest BCUT2D eigenvalue weighted by Gasteiger charge is -2.21. The lowest BCUT2D eigenvalue weighted by molar-refractivity contribution is -0.118. The number of thiazole rings is 1. The highest BCUT2D eigenvalue weighted by Crippen LogP contribution is 2.23. The van der Waals surface area contributed by atoms with E-state index in [0.29, 0.717) is 15.7 Å². The van der Waals surface area contributed by atoms with Crippen LogP contribution in [0.3, 0.4) is 0 Å². The largest absolute Gasteiger partial charge is 0.340 e. The Morgan fingerprint density at radius 1 is 1.28 bits per heavy atom. The molecule has 1 unspecified atom stereocenters. The monoisotopic (exact) mass is 379 g/mol. The van der Waals surface area contributed by atoms with E-state index >= 15 is 0 Å². The molecule has 2 N–H and O–H groups in total. The Hall–Kier alpha value is -1.92. The minimum atomic E-state index is -0.682. The number of carbonyl (C=O) groups is 2. The lowest BCUT2D eigenvalue weighted by atomic mass is 10.0. The van der Waals surface area contributed by atoms with Gasteiger partial charge in [0.05, 0.1) is 16.3 Å². The number of benzene rings is 1. The molecule has 0 aliphatic rings. The summed E-state index contributed by atoms with van der Waals surface area (Å²) in [6, 6.07) is 6.08. The van der Waals surface area contributed by atoms with Gasteiger partial charge >= 0.3 is 0 Å². The van der Waals surface area contributed by atoms with Crippen molar-refractivity contribution in [2.75, 3.05) is 5.32 Å². The Balaban J connectivity index is 2.12. The Bertz CT molecular complexity index is 773. The number of carbonyl (C=O) groups excluding carboxylic acids is 2. The maximum Gasteiger partial charge on any atom is 0.253 e. The molecular formula is C18H22ClN3O2S. The number of rotatable bonds is 6. The molecule has 0 aliphatic carbocycles. The molecule has 0 bridgehead atoms. The minimum absolute atomic E-state index is 0.0851. The topological polar surface area (TPSA) is 71.1 Å². The Labute approximate surface area is 156 Å². The van der Waals surface area contributed by atoms with Gasteiger partial charge in [-0.3, -0.25) is 9.59 Å². The maximum atomic E-state index is 12.6. The summed E-state index contributed by atoms with van der Waals surface area (Å²) in [5, 5.41) is 6.49. The van der Waals surface area contributed by atoms with E-state index in [1.165, 1.54) is 11.3 Å². The van der Waals surface area contributed by atoms with Gasteiger partial charge in [0.1, 0.15) is 6.04 Å². The number of nitrogens with zero attached hydrogens (tertiary/aromatic N) is 1. The van der Waals surface area contributed by atoms with Crippen molar-refractivity contribution in [3.05, 3.63) is 45.4 Å². The van der Waals surface area contributed by atoms with E-state index in [1.807, 2.05) is 27.7 Å². The molecule has 1 heterocycles. The second kappa shape index (κ2) is 8.45. The highest BCUT2D eigenvalue weighted by Gasteiger charge is 2.26. The van der Waals surface area contributed by atoms with Gasteiger partial charge in [0.2, 0.25) is 5.91 Å². The van der Waals surface area contributed by atoms with E-state index in [9.17, 15) is 9.59 Å². The number of hydrogen-bond acceptors (Lipinski definition) is 4. The molecule has 0 saturated carbocycles. The van der Waals surface area contributed by atoms with Crippen LogP contribution in [0.25, 0.3) is 0 Å². The summed E-state index contributed by atoms with van der Waals surface area (Å²) in [6.45, 7) is 7.75. The van der Waals surface area contributed by atoms with E-state index < -0.39 is 6.04 Å². The van der Waals surface area contributed by atoms with Crippen LogP contribution in [0.2, 0.25) is 5.02 Å². The molecule has 2 amide bonds. The molecule has 1 aromatic heterocycles. The number of aryl methyl sites for hydroxylation is 2. The summed E-state index contributed by atoms with van der Waals surface area (Å²) in [5.74, 6) is -0.742. The molecular weight excluding hydrogens is 358 g/mol. The van der Waals surface area contributed by atoms with Crippen LogP contribution in [0, 0.1) is 12.8 Å². The van der Waals surface area contributed by atoms with Crippen molar-refractivity contribution in [1.82, 2.24) is 10.3 Å². The van der Waals surface area contributed by atoms with Gasteiger partial charge in [-0.05, 0) is 31.4 Å². The van der Waals surface area contributed by atoms with Crippen LogP contribution < -0.4 is 10.6 Å². The quantitative estimate of drug-likeness (QED) is 0.795. The van der Waals surface area contributed by atoms with E-state index in [-0.39, 0.29) is 17.7 Å². The van der Waals surface area contributed by atoms with E-state index in [1.54, 1.807) is 24.3 Å². The first kappa shape index (κ1) is 19.4. The third-order valence-electron chi connectivity index (χ3n) is 3.81. The fourth-order valence-corrected chi connectivity index (χ4v) is 3.52. The van der Waals surface area contributed by atoms with Crippen LogP contribution in [0.1, 0.15) is 41.7 Å². The van der Waals surface area contributed by atoms with Crippen LogP contribution in [0.15, 0.2) is 24.3 Å². The SMILES string of the molecule is CCc1nc(NC(=O)C(NC(=O)c2ccccc2Cl)C(C)C)sc1C. The predicted molar refractivity (Wildman–Crippen MR) is 102 cm³/mol. The van der Waals surface area contributed by atoms with Gasteiger partial charge in [-0.2, -0.15) is 0 Å². The number of anilines is 1. The molecule has 5 nitrogen and oxygen atoms in total. The van der Waals surface area contributed by atoms with Crippen molar-refractivity contribution >= 4 is 39.9 Å². The lowest BCUT2D eigenvalue weighted by Crippen LogP contribution is -2.47. The first-order valence-corrected chi connectivity index (χ1v) is 9.35. The van der Waals surface area contributed by atoms with Crippen LogP contribution in [-0.4, -0.2) is 22.8 Å². The smallest absolute Gasteiger partial charge is 0.253 e. The molecule has 0 saturated heterocycles. The van der Waals surface area contributed by atoms with Crippen LogP contribution in [0.5, 0.6) is 0 Å². The molecule has 0 fully saturated rings. The normalized spacial score (nSPS) is 12.1. The highest BCUT2D eigenvalue weighted by molar-refractivity contribution is 7.15. The second-order valence-corrected chi connectivity index (χ2v) is 7.65. The van der Waals surface area contributed by atoms with Gasteiger partial charge < -0.3 is 10.6 Å². The third kappa shape index (κ3) is 4.80. The van der Waals surface area contributed by atoms with Gasteiger partial charge in [0.15, 0.2) is 5.13 Å². The van der Waals surface area contributed by atoms with Gasteiger partial charge in [0, 0.05) is 4.88 Å². The van der Waals surface area contributed by atoms with Crippen molar-refractivity contribution in [2.24, 2.45) is 5.92 Å². The molecule has 2 rings (SSSR count). The van der Waals surface area contributed by atoms with Gasteiger partial charge in [-0.1, -0.05) is 44.5 Å². The van der Waals surface area contributed by atoms with E-state index in [2.05, 4.69) is 15.6 Å². The van der Waals surface area contributed by atoms with Gasteiger partial charge in [-0.15, -0.1) is 11.3 Å². The Morgan fingerprint density at radius 3 is 2.52 bits per heavy atom. The van der Waals surface area contributed by atoms with Crippen LogP contribution >= 0.6 is 22.9 Å². The predicted octanol–water partition coefficient (Wildman–Crippen LogP) is 4.06. The van der Waals surface area contributed by atoms with Gasteiger partial charge in [0.25, 0.3) is 5.91 Å². The van der Waals surface area contributed by atoms with Crippen molar-refractivity contribution in [3.8, 4) is 0 Å². The second-order valence-electron chi connectivity index (χ2n) is 6.04. The number of halogens is 1. The molecule has 0 spiro atoms. The molecule has 0 radical (unpaired) electrons. The highest BCUT2D eigenvalue weighted by atomic mass is 35.5. The minimum Gasteiger partial charge on any atom is -0.340 e. The zero-order chi connectivity index (χ0) is 18.6. The molecule has 1 atom stereocenters. The van der Waals surface area contributed by atoms with Crippen molar-refractivity contribution in [2.45, 2.75) is 40.2 Å². The number of amides is 2. The summed E-state index contributed by atoms with van der Waals surface area (Å²) in [6.07, 6.45) is 0.815. The van der Waals surface area contributed by atoms with Crippen LogP contribution in [0.4, 0.5) is 5.13 Å². The summed E-state index contributed by atoms with van der Waals surface area (Å²) >= 11 is 7.50. The fourth-order valence-electron chi connectivity index (χ4n) is 2.39. The van der Waals surface area contributed by atoms with Crippen molar-refractivity contribution in [1.29, 1.82) is 0 Å². The molecule has 7 heteroatoms. The molecule has 134 valence electrons. The average molecular weight is 380 g/mol. The van der Waals surface area contributed by atoms with Crippen molar-refractivity contribution < 1.29 is 9.59 Å². The summed E-state index contributed by atoms with van der Waals surface area (Å²) in [4.78, 5) is 30.6. The molecule has 25 heavy (non-hydrogen) atoms. The molecule has 0 aliphatic heterocycles. The number of aromatic nitrogens is 1. The first-order chi connectivity index (χ1) is 11.8. The third-order valence-corrected chi connectivity index (χ3v) is 5.07. The zero-order valence-electron chi connectivity index (χ0n) is 14.7. The average Bonchev–Trinajstić information content (AvgIpc) is 2.91. The Morgan fingerprint density at radius 2 is 1.96 bits per heavy atom. The summed E-state index contributed by atoms with van der Waals surface area (Å²) in [7, 11) is 0. The Kier molecular flexibility index (Phi) is 6.56. The standard InChI is InChI=1S/C18H22ClN3O2S/c1-5-14-11(4)25-18(20-14)22-17(24)15(10(2)3)21-16(23)12-8-6-7-9-13(12)19/h6-10,15H,5H2,1-4H3,(H,21,23)(H,20,22,24). The number of hydrogen-bond donors (Lipinski definition) is 2. The summed E-state index contributed by atoms with van der Waals surface area (Å²) in [5.41, 5.74) is 1.32.